The largest absolute Gasteiger partial charge is 0.419 e. The second-order valence-electron chi connectivity index (χ2n) is 2.17. The minimum Gasteiger partial charge on any atom is -0.406 e. The predicted octanol–water partition coefficient (Wildman–Crippen LogP) is -0.0785. The Morgan fingerprint density at radius 2 is 2.18 bits per heavy atom. The van der Waals surface area contributed by atoms with Crippen LogP contribution in [0.4, 0.5) is 0 Å². The first-order valence-electron chi connectivity index (χ1n) is 3.05. The lowest BCUT2D eigenvalue weighted by molar-refractivity contribution is 0.527. The molecule has 0 bridgehead atoms. The maximum absolute atomic E-state index is 10.9. The fourth-order valence-corrected chi connectivity index (χ4v) is 0.895. The summed E-state index contributed by atoms with van der Waals surface area (Å²) < 4.78 is 6.18. The first kappa shape index (κ1) is 6.09. The molecule has 0 saturated carbocycles. The Balaban J connectivity index is 3.04. The van der Waals surface area contributed by atoms with E-state index in [2.05, 4.69) is 10.2 Å². The van der Waals surface area contributed by atoms with Crippen molar-refractivity contribution in [2.24, 2.45) is 7.05 Å². The lowest BCUT2D eigenvalue weighted by Crippen LogP contribution is -2.08. The normalized spacial score (nSPS) is 10.6. The van der Waals surface area contributed by atoms with Gasteiger partial charge in [-0.15, -0.1) is 0 Å². The second kappa shape index (κ2) is 1.91. The predicted molar refractivity (Wildman–Crippen MR) is 37.0 cm³/mol. The Morgan fingerprint density at radius 3 is 2.91 bits per heavy atom. The van der Waals surface area contributed by atoms with E-state index < -0.39 is 5.76 Å². The highest BCUT2D eigenvalue weighted by Gasteiger charge is 2.03. The SMILES string of the molecule is Cn1c(=O)oc2cnncc21. The van der Waals surface area contributed by atoms with Gasteiger partial charge in [0.05, 0.1) is 12.4 Å². The number of oxazole rings is 1. The van der Waals surface area contributed by atoms with Crippen LogP contribution in [0, 0.1) is 0 Å². The number of nitrogens with zero attached hydrogens (tertiary/aromatic N) is 3. The van der Waals surface area contributed by atoms with Crippen LogP contribution in [0.3, 0.4) is 0 Å². The van der Waals surface area contributed by atoms with Crippen molar-refractivity contribution in [1.82, 2.24) is 14.8 Å². The first-order chi connectivity index (χ1) is 5.29. The van der Waals surface area contributed by atoms with Gasteiger partial charge in [0.15, 0.2) is 5.58 Å². The number of fused-ring (bicyclic) bond motifs is 1. The lowest BCUT2D eigenvalue weighted by Gasteiger charge is -1.85. The summed E-state index contributed by atoms with van der Waals surface area (Å²) in [5.41, 5.74) is 1.12. The molecule has 11 heavy (non-hydrogen) atoms. The molecule has 0 aromatic carbocycles. The number of aromatic nitrogens is 3. The Hall–Kier alpha value is -1.65. The Morgan fingerprint density at radius 1 is 1.45 bits per heavy atom. The van der Waals surface area contributed by atoms with E-state index in [1.54, 1.807) is 7.05 Å². The van der Waals surface area contributed by atoms with Crippen molar-refractivity contribution in [2.75, 3.05) is 0 Å². The molecule has 5 nitrogen and oxygen atoms in total. The molecule has 2 aromatic heterocycles. The van der Waals surface area contributed by atoms with Crippen LogP contribution in [0.5, 0.6) is 0 Å². The van der Waals surface area contributed by atoms with Crippen molar-refractivity contribution >= 4 is 11.1 Å². The third kappa shape index (κ3) is 0.739. The molecule has 0 aliphatic heterocycles. The Kier molecular flexibility index (Phi) is 1.06. The monoisotopic (exact) mass is 151 g/mol. The van der Waals surface area contributed by atoms with E-state index in [1.807, 2.05) is 0 Å². The second-order valence-corrected chi connectivity index (χ2v) is 2.17. The molecule has 0 aliphatic carbocycles. The van der Waals surface area contributed by atoms with Crippen molar-refractivity contribution < 1.29 is 4.42 Å². The maximum Gasteiger partial charge on any atom is 0.419 e. The van der Waals surface area contributed by atoms with Gasteiger partial charge in [0.25, 0.3) is 0 Å². The van der Waals surface area contributed by atoms with E-state index in [9.17, 15) is 4.79 Å². The number of hydrogen-bond donors (Lipinski definition) is 0. The summed E-state index contributed by atoms with van der Waals surface area (Å²) in [5, 5.41) is 7.19. The minimum atomic E-state index is -0.394. The zero-order chi connectivity index (χ0) is 7.84. The van der Waals surface area contributed by atoms with E-state index in [0.717, 1.165) is 0 Å². The lowest BCUT2D eigenvalue weighted by atomic mass is 10.5. The average Bonchev–Trinajstić information content (AvgIpc) is 2.30. The van der Waals surface area contributed by atoms with Crippen molar-refractivity contribution in [3.63, 3.8) is 0 Å². The van der Waals surface area contributed by atoms with Crippen molar-refractivity contribution in [3.8, 4) is 0 Å². The summed E-state index contributed by atoms with van der Waals surface area (Å²) >= 11 is 0. The van der Waals surface area contributed by atoms with Crippen LogP contribution in [0.25, 0.3) is 11.1 Å². The van der Waals surface area contributed by atoms with Crippen molar-refractivity contribution in [2.45, 2.75) is 0 Å². The number of aryl methyl sites for hydroxylation is 1. The van der Waals surface area contributed by atoms with Gasteiger partial charge in [0, 0.05) is 7.05 Å². The standard InChI is InChI=1S/C6H5N3O2/c1-9-4-2-7-8-3-5(4)11-6(9)10/h2-3H,1H3. The summed E-state index contributed by atoms with van der Waals surface area (Å²) in [6.07, 6.45) is 2.90. The molecule has 0 unspecified atom stereocenters. The fourth-order valence-electron chi connectivity index (χ4n) is 0.895. The smallest absolute Gasteiger partial charge is 0.406 e. The van der Waals surface area contributed by atoms with Gasteiger partial charge < -0.3 is 4.42 Å². The van der Waals surface area contributed by atoms with Gasteiger partial charge in [0.1, 0.15) is 5.52 Å². The highest BCUT2D eigenvalue weighted by Crippen LogP contribution is 2.05. The molecule has 0 fully saturated rings. The van der Waals surface area contributed by atoms with Crippen LogP contribution in [0.1, 0.15) is 0 Å². The topological polar surface area (TPSA) is 60.9 Å². The van der Waals surface area contributed by atoms with E-state index in [1.165, 1.54) is 17.0 Å². The van der Waals surface area contributed by atoms with E-state index in [-0.39, 0.29) is 0 Å². The zero-order valence-electron chi connectivity index (χ0n) is 5.81. The molecule has 0 aliphatic rings. The van der Waals surface area contributed by atoms with E-state index in [0.29, 0.717) is 11.1 Å². The summed E-state index contributed by atoms with van der Waals surface area (Å²) in [6.45, 7) is 0. The van der Waals surface area contributed by atoms with Crippen LogP contribution in [-0.2, 0) is 7.05 Å². The molecule has 2 aromatic rings. The number of rotatable bonds is 0. The van der Waals surface area contributed by atoms with Gasteiger partial charge >= 0.3 is 5.76 Å². The Labute approximate surface area is 61.3 Å². The van der Waals surface area contributed by atoms with Crippen LogP contribution >= 0.6 is 0 Å². The van der Waals surface area contributed by atoms with Gasteiger partial charge in [-0.25, -0.2) is 4.79 Å². The molecule has 0 atom stereocenters. The van der Waals surface area contributed by atoms with Crippen molar-refractivity contribution in [1.29, 1.82) is 0 Å². The molecule has 2 rings (SSSR count). The van der Waals surface area contributed by atoms with E-state index in [4.69, 9.17) is 4.42 Å². The van der Waals surface area contributed by atoms with Gasteiger partial charge in [-0.2, -0.15) is 10.2 Å². The van der Waals surface area contributed by atoms with Gasteiger partial charge in [-0.1, -0.05) is 0 Å². The van der Waals surface area contributed by atoms with E-state index >= 15 is 0 Å². The minimum absolute atomic E-state index is 0.394. The van der Waals surface area contributed by atoms with Crippen molar-refractivity contribution in [3.05, 3.63) is 22.9 Å². The summed E-state index contributed by atoms with van der Waals surface area (Å²) in [7, 11) is 1.62. The molecule has 2 heterocycles. The summed E-state index contributed by atoms with van der Waals surface area (Å²) in [4.78, 5) is 10.9. The van der Waals surface area contributed by atoms with Gasteiger partial charge in [0.2, 0.25) is 0 Å². The third-order valence-corrected chi connectivity index (χ3v) is 1.51. The average molecular weight is 151 g/mol. The molecular formula is C6H5N3O2. The van der Waals surface area contributed by atoms with Crippen LogP contribution in [0.2, 0.25) is 0 Å². The van der Waals surface area contributed by atoms with Crippen LogP contribution < -0.4 is 5.76 Å². The number of hydrogen-bond acceptors (Lipinski definition) is 4. The third-order valence-electron chi connectivity index (χ3n) is 1.51. The first-order valence-corrected chi connectivity index (χ1v) is 3.05. The highest BCUT2D eigenvalue weighted by atomic mass is 16.4. The maximum atomic E-state index is 10.9. The molecular weight excluding hydrogens is 146 g/mol. The Bertz CT molecular complexity index is 442. The zero-order valence-corrected chi connectivity index (χ0v) is 5.81. The molecule has 0 N–H and O–H groups in total. The fraction of sp³-hybridized carbons (Fsp3) is 0.167. The molecule has 0 saturated heterocycles. The summed E-state index contributed by atoms with van der Waals surface area (Å²) in [5.74, 6) is -0.394. The highest BCUT2D eigenvalue weighted by molar-refractivity contribution is 5.69. The molecule has 56 valence electrons. The van der Waals surface area contributed by atoms with Crippen LogP contribution in [0.15, 0.2) is 21.6 Å². The van der Waals surface area contributed by atoms with Gasteiger partial charge in [-0.05, 0) is 0 Å². The molecule has 5 heteroatoms. The van der Waals surface area contributed by atoms with Gasteiger partial charge in [-0.3, -0.25) is 4.57 Å². The summed E-state index contributed by atoms with van der Waals surface area (Å²) in [6, 6.07) is 0. The quantitative estimate of drug-likeness (QED) is 0.528. The van der Waals surface area contributed by atoms with Crippen LogP contribution in [-0.4, -0.2) is 14.8 Å². The molecule has 0 spiro atoms. The molecule has 0 amide bonds. The molecule has 0 radical (unpaired) electrons.